The van der Waals surface area contributed by atoms with Crippen molar-refractivity contribution in [2.75, 3.05) is 18.1 Å². The molecule has 6 heteroatoms. The molecule has 2 amide bonds. The SMILES string of the molecule is CC[C@H](C)c1ccccc1N1C[C@@H](C(=O)OCC(=O)NCc2ccccc2)CC1=O. The first-order chi connectivity index (χ1) is 14.5. The summed E-state index contributed by atoms with van der Waals surface area (Å²) in [6.45, 7) is 4.53. The molecular formula is C24H28N2O4. The van der Waals surface area contributed by atoms with E-state index in [1.165, 1.54) is 0 Å². The summed E-state index contributed by atoms with van der Waals surface area (Å²) >= 11 is 0. The molecule has 1 aliphatic rings. The predicted octanol–water partition coefficient (Wildman–Crippen LogP) is 3.41. The van der Waals surface area contributed by atoms with Gasteiger partial charge in [-0.3, -0.25) is 14.4 Å². The van der Waals surface area contributed by atoms with Crippen LogP contribution in [0.4, 0.5) is 5.69 Å². The Balaban J connectivity index is 1.53. The molecule has 158 valence electrons. The summed E-state index contributed by atoms with van der Waals surface area (Å²) in [5.41, 5.74) is 2.92. The number of anilines is 1. The van der Waals surface area contributed by atoms with Gasteiger partial charge < -0.3 is 15.0 Å². The predicted molar refractivity (Wildman–Crippen MR) is 115 cm³/mol. The molecule has 3 rings (SSSR count). The molecule has 0 saturated carbocycles. The Morgan fingerprint density at radius 3 is 2.57 bits per heavy atom. The van der Waals surface area contributed by atoms with E-state index in [-0.39, 0.29) is 31.4 Å². The van der Waals surface area contributed by atoms with E-state index in [0.29, 0.717) is 12.5 Å². The fourth-order valence-electron chi connectivity index (χ4n) is 3.57. The van der Waals surface area contributed by atoms with Gasteiger partial charge in [0, 0.05) is 25.2 Å². The number of ether oxygens (including phenoxy) is 1. The molecule has 0 bridgehead atoms. The number of rotatable bonds is 8. The maximum atomic E-state index is 12.6. The number of carbonyl (C=O) groups excluding carboxylic acids is 3. The van der Waals surface area contributed by atoms with Crippen molar-refractivity contribution in [2.24, 2.45) is 5.92 Å². The largest absolute Gasteiger partial charge is 0.455 e. The molecule has 2 aromatic rings. The molecule has 1 N–H and O–H groups in total. The van der Waals surface area contributed by atoms with Gasteiger partial charge in [-0.2, -0.15) is 0 Å². The van der Waals surface area contributed by atoms with E-state index in [1.54, 1.807) is 4.90 Å². The molecule has 1 heterocycles. The van der Waals surface area contributed by atoms with E-state index >= 15 is 0 Å². The molecule has 1 saturated heterocycles. The zero-order valence-corrected chi connectivity index (χ0v) is 17.5. The van der Waals surface area contributed by atoms with Crippen LogP contribution in [0.1, 0.15) is 43.7 Å². The van der Waals surface area contributed by atoms with Crippen LogP contribution < -0.4 is 10.2 Å². The Morgan fingerprint density at radius 2 is 1.83 bits per heavy atom. The molecule has 6 nitrogen and oxygen atoms in total. The van der Waals surface area contributed by atoms with Gasteiger partial charge in [0.25, 0.3) is 5.91 Å². The van der Waals surface area contributed by atoms with E-state index < -0.39 is 11.9 Å². The summed E-state index contributed by atoms with van der Waals surface area (Å²) in [5.74, 6) is -1.23. The Hall–Kier alpha value is -3.15. The first kappa shape index (κ1) is 21.6. The lowest BCUT2D eigenvalue weighted by Gasteiger charge is -2.23. The Morgan fingerprint density at radius 1 is 1.13 bits per heavy atom. The average molecular weight is 408 g/mol. The number of esters is 1. The number of carbonyl (C=O) groups is 3. The van der Waals surface area contributed by atoms with E-state index in [0.717, 1.165) is 23.2 Å². The van der Waals surface area contributed by atoms with Gasteiger partial charge in [-0.1, -0.05) is 62.4 Å². The molecule has 1 aliphatic heterocycles. The standard InChI is InChI=1S/C24H28N2O4/c1-3-17(2)20-11-7-8-12-21(20)26-15-19(13-23(26)28)24(29)30-16-22(27)25-14-18-9-5-4-6-10-18/h4-12,17,19H,3,13-16H2,1-2H3,(H,25,27)/t17-,19-/m0/s1. The van der Waals surface area contributed by atoms with Crippen LogP contribution in [0.5, 0.6) is 0 Å². The van der Waals surface area contributed by atoms with Crippen LogP contribution in [0.2, 0.25) is 0 Å². The molecule has 0 aromatic heterocycles. The second kappa shape index (κ2) is 10.1. The number of para-hydroxylation sites is 1. The van der Waals surface area contributed by atoms with Crippen molar-refractivity contribution in [1.82, 2.24) is 5.32 Å². The normalized spacial score (nSPS) is 16.9. The lowest BCUT2D eigenvalue weighted by atomic mass is 9.96. The number of amides is 2. The van der Waals surface area contributed by atoms with Gasteiger partial charge >= 0.3 is 5.97 Å². The Bertz CT molecular complexity index is 897. The molecule has 0 radical (unpaired) electrons. The molecule has 2 atom stereocenters. The number of nitrogens with one attached hydrogen (secondary N) is 1. The third kappa shape index (κ3) is 5.26. The van der Waals surface area contributed by atoms with Crippen molar-refractivity contribution in [3.05, 3.63) is 65.7 Å². The van der Waals surface area contributed by atoms with E-state index in [2.05, 4.69) is 19.2 Å². The molecule has 30 heavy (non-hydrogen) atoms. The van der Waals surface area contributed by atoms with Gasteiger partial charge in [-0.15, -0.1) is 0 Å². The van der Waals surface area contributed by atoms with Crippen LogP contribution in [0.15, 0.2) is 54.6 Å². The van der Waals surface area contributed by atoms with Gasteiger partial charge in [0.15, 0.2) is 6.61 Å². The van der Waals surface area contributed by atoms with Crippen molar-refractivity contribution in [3.63, 3.8) is 0 Å². The number of hydrogen-bond donors (Lipinski definition) is 1. The van der Waals surface area contributed by atoms with Crippen LogP contribution in [-0.2, 0) is 25.7 Å². The van der Waals surface area contributed by atoms with Gasteiger partial charge in [-0.25, -0.2) is 0 Å². The molecule has 1 fully saturated rings. The lowest BCUT2D eigenvalue weighted by Crippen LogP contribution is -2.31. The summed E-state index contributed by atoms with van der Waals surface area (Å²) in [4.78, 5) is 38.7. The number of benzene rings is 2. The van der Waals surface area contributed by atoms with Gasteiger partial charge in [-0.05, 0) is 29.5 Å². The monoisotopic (exact) mass is 408 g/mol. The minimum atomic E-state index is -0.565. The van der Waals surface area contributed by atoms with E-state index in [9.17, 15) is 14.4 Å². The molecule has 0 aliphatic carbocycles. The molecule has 0 spiro atoms. The highest BCUT2D eigenvalue weighted by molar-refractivity contribution is 6.00. The first-order valence-corrected chi connectivity index (χ1v) is 10.4. The Labute approximate surface area is 177 Å². The van der Waals surface area contributed by atoms with Crippen molar-refractivity contribution in [1.29, 1.82) is 0 Å². The molecular weight excluding hydrogens is 380 g/mol. The lowest BCUT2D eigenvalue weighted by molar-refractivity contribution is -0.152. The summed E-state index contributed by atoms with van der Waals surface area (Å²) < 4.78 is 5.18. The van der Waals surface area contributed by atoms with Crippen molar-refractivity contribution in [3.8, 4) is 0 Å². The quantitative estimate of drug-likeness (QED) is 0.679. The summed E-state index contributed by atoms with van der Waals surface area (Å²) in [6, 6.07) is 17.3. The molecule has 0 unspecified atom stereocenters. The van der Waals surface area contributed by atoms with Crippen molar-refractivity contribution >= 4 is 23.5 Å². The zero-order valence-electron chi connectivity index (χ0n) is 17.5. The maximum Gasteiger partial charge on any atom is 0.311 e. The number of nitrogens with zero attached hydrogens (tertiary/aromatic N) is 1. The van der Waals surface area contributed by atoms with Crippen molar-refractivity contribution < 1.29 is 19.1 Å². The fraction of sp³-hybridized carbons (Fsp3) is 0.375. The highest BCUT2D eigenvalue weighted by Crippen LogP contribution is 2.33. The molecule has 2 aromatic carbocycles. The van der Waals surface area contributed by atoms with Crippen LogP contribution in [0.25, 0.3) is 0 Å². The van der Waals surface area contributed by atoms with E-state index in [4.69, 9.17) is 4.74 Å². The highest BCUT2D eigenvalue weighted by atomic mass is 16.5. The van der Waals surface area contributed by atoms with Crippen LogP contribution >= 0.6 is 0 Å². The topological polar surface area (TPSA) is 75.7 Å². The third-order valence-electron chi connectivity index (χ3n) is 5.51. The van der Waals surface area contributed by atoms with E-state index in [1.807, 2.05) is 54.6 Å². The second-order valence-corrected chi connectivity index (χ2v) is 7.64. The van der Waals surface area contributed by atoms with Crippen LogP contribution in [0.3, 0.4) is 0 Å². The van der Waals surface area contributed by atoms with Crippen LogP contribution in [0, 0.1) is 5.92 Å². The summed E-state index contributed by atoms with van der Waals surface area (Å²) in [5, 5.41) is 2.72. The average Bonchev–Trinajstić information content (AvgIpc) is 3.17. The Kier molecular flexibility index (Phi) is 7.22. The van der Waals surface area contributed by atoms with Gasteiger partial charge in [0.2, 0.25) is 5.91 Å². The van der Waals surface area contributed by atoms with Crippen LogP contribution in [-0.4, -0.2) is 30.9 Å². The second-order valence-electron chi connectivity index (χ2n) is 7.64. The highest BCUT2D eigenvalue weighted by Gasteiger charge is 2.37. The minimum Gasteiger partial charge on any atom is -0.455 e. The maximum absolute atomic E-state index is 12.6. The minimum absolute atomic E-state index is 0.0961. The zero-order chi connectivity index (χ0) is 21.5. The summed E-state index contributed by atoms with van der Waals surface area (Å²) in [6.07, 6.45) is 1.06. The fourth-order valence-corrected chi connectivity index (χ4v) is 3.57. The van der Waals surface area contributed by atoms with Crippen molar-refractivity contribution in [2.45, 2.75) is 39.2 Å². The summed E-state index contributed by atoms with van der Waals surface area (Å²) in [7, 11) is 0. The first-order valence-electron chi connectivity index (χ1n) is 10.4. The number of hydrogen-bond acceptors (Lipinski definition) is 4. The van der Waals surface area contributed by atoms with Gasteiger partial charge in [0.1, 0.15) is 0 Å². The third-order valence-corrected chi connectivity index (χ3v) is 5.51. The van der Waals surface area contributed by atoms with Gasteiger partial charge in [0.05, 0.1) is 5.92 Å². The smallest absolute Gasteiger partial charge is 0.311 e.